The van der Waals surface area contributed by atoms with Crippen LogP contribution in [-0.2, 0) is 25.5 Å². The van der Waals surface area contributed by atoms with Crippen molar-refractivity contribution in [2.45, 2.75) is 31.4 Å². The van der Waals surface area contributed by atoms with Crippen molar-refractivity contribution in [1.82, 2.24) is 5.32 Å². The number of esters is 1. The van der Waals surface area contributed by atoms with Crippen LogP contribution in [0.15, 0.2) is 30.3 Å². The van der Waals surface area contributed by atoms with E-state index in [0.29, 0.717) is 19.4 Å². The van der Waals surface area contributed by atoms with Crippen molar-refractivity contribution < 1.29 is 19.1 Å². The van der Waals surface area contributed by atoms with Crippen LogP contribution >= 0.6 is 0 Å². The molecule has 0 saturated carbocycles. The van der Waals surface area contributed by atoms with E-state index in [1.54, 1.807) is 0 Å². The Hall–Kier alpha value is -1.88. The fourth-order valence-corrected chi connectivity index (χ4v) is 2.23. The topological polar surface area (TPSA) is 64.6 Å². The molecule has 108 valence electrons. The fraction of sp³-hybridized carbons (Fsp3) is 0.467. The summed E-state index contributed by atoms with van der Waals surface area (Å²) in [6.07, 6.45) is 1.54. The number of hydrogen-bond donors (Lipinski definition) is 1. The summed E-state index contributed by atoms with van der Waals surface area (Å²) >= 11 is 0. The molecule has 1 aromatic carbocycles. The molecule has 2 atom stereocenters. The summed E-state index contributed by atoms with van der Waals surface area (Å²) in [5.41, 5.74) is 0.968. The molecule has 1 saturated heterocycles. The highest BCUT2D eigenvalue weighted by atomic mass is 16.5. The second kappa shape index (κ2) is 7.05. The second-order valence-electron chi connectivity index (χ2n) is 4.78. The Morgan fingerprint density at radius 1 is 1.40 bits per heavy atom. The molecular weight excluding hydrogens is 258 g/mol. The summed E-state index contributed by atoms with van der Waals surface area (Å²) in [6.45, 7) is 0.597. The van der Waals surface area contributed by atoms with Crippen LogP contribution in [0.4, 0.5) is 0 Å². The first-order valence-corrected chi connectivity index (χ1v) is 6.74. The number of hydrogen-bond acceptors (Lipinski definition) is 4. The minimum absolute atomic E-state index is 0.242. The van der Waals surface area contributed by atoms with Gasteiger partial charge >= 0.3 is 5.97 Å². The number of carbonyl (C=O) groups is 2. The largest absolute Gasteiger partial charge is 0.467 e. The van der Waals surface area contributed by atoms with Crippen molar-refractivity contribution in [2.75, 3.05) is 13.7 Å². The number of rotatable bonds is 5. The maximum atomic E-state index is 12.0. The molecule has 2 unspecified atom stereocenters. The normalized spacial score (nSPS) is 19.4. The van der Waals surface area contributed by atoms with E-state index in [2.05, 4.69) is 5.32 Å². The predicted octanol–water partition coefficient (Wildman–Crippen LogP) is 1.07. The van der Waals surface area contributed by atoms with Gasteiger partial charge in [0.05, 0.1) is 7.11 Å². The molecule has 1 heterocycles. The Labute approximate surface area is 118 Å². The number of methoxy groups -OCH3 is 1. The van der Waals surface area contributed by atoms with Crippen molar-refractivity contribution in [3.8, 4) is 0 Å². The van der Waals surface area contributed by atoms with E-state index >= 15 is 0 Å². The van der Waals surface area contributed by atoms with E-state index in [1.165, 1.54) is 7.11 Å². The summed E-state index contributed by atoms with van der Waals surface area (Å²) in [6, 6.07) is 8.83. The molecule has 1 N–H and O–H groups in total. The van der Waals surface area contributed by atoms with Crippen LogP contribution in [0.1, 0.15) is 18.4 Å². The lowest BCUT2D eigenvalue weighted by atomic mass is 10.1. The molecule has 1 aliphatic heterocycles. The quantitative estimate of drug-likeness (QED) is 0.818. The molecule has 0 bridgehead atoms. The average molecular weight is 277 g/mol. The van der Waals surface area contributed by atoms with Crippen molar-refractivity contribution in [2.24, 2.45) is 0 Å². The lowest BCUT2D eigenvalue weighted by Crippen LogP contribution is -2.47. The third-order valence-corrected chi connectivity index (χ3v) is 3.31. The lowest BCUT2D eigenvalue weighted by molar-refractivity contribution is -0.146. The molecule has 1 amide bonds. The Morgan fingerprint density at radius 3 is 2.75 bits per heavy atom. The van der Waals surface area contributed by atoms with Crippen molar-refractivity contribution in [3.05, 3.63) is 35.9 Å². The molecule has 1 fully saturated rings. The van der Waals surface area contributed by atoms with E-state index in [0.717, 1.165) is 12.0 Å². The standard InChI is InChI=1S/C15H19NO4/c1-19-15(18)12(10-11-6-3-2-4-7-11)16-14(17)13-8-5-9-20-13/h2-4,6-7,12-13H,5,8-10H2,1H3,(H,16,17). The lowest BCUT2D eigenvalue weighted by Gasteiger charge is -2.18. The van der Waals surface area contributed by atoms with Crippen LogP contribution in [0.25, 0.3) is 0 Å². The summed E-state index contributed by atoms with van der Waals surface area (Å²) < 4.78 is 10.1. The Bertz CT molecular complexity index is 454. The summed E-state index contributed by atoms with van der Waals surface area (Å²) in [5.74, 6) is -0.686. The average Bonchev–Trinajstić information content (AvgIpc) is 3.01. The minimum atomic E-state index is -0.681. The van der Waals surface area contributed by atoms with Gasteiger partial charge in [-0.05, 0) is 18.4 Å². The molecule has 0 aromatic heterocycles. The van der Waals surface area contributed by atoms with Gasteiger partial charge in [0.2, 0.25) is 5.91 Å². The van der Waals surface area contributed by atoms with E-state index in [1.807, 2.05) is 30.3 Å². The first kappa shape index (κ1) is 14.5. The second-order valence-corrected chi connectivity index (χ2v) is 4.78. The molecule has 5 heteroatoms. The predicted molar refractivity (Wildman–Crippen MR) is 73.1 cm³/mol. The van der Waals surface area contributed by atoms with Gasteiger partial charge in [0.15, 0.2) is 0 Å². The van der Waals surface area contributed by atoms with E-state index in [-0.39, 0.29) is 5.91 Å². The molecule has 0 aliphatic carbocycles. The highest BCUT2D eigenvalue weighted by Crippen LogP contribution is 2.13. The van der Waals surface area contributed by atoms with Crippen molar-refractivity contribution in [3.63, 3.8) is 0 Å². The molecule has 5 nitrogen and oxygen atoms in total. The van der Waals surface area contributed by atoms with Gasteiger partial charge in [0, 0.05) is 13.0 Å². The number of benzene rings is 1. The van der Waals surface area contributed by atoms with E-state index in [9.17, 15) is 9.59 Å². The smallest absolute Gasteiger partial charge is 0.328 e. The summed E-state index contributed by atoms with van der Waals surface area (Å²) in [7, 11) is 1.32. The molecule has 0 radical (unpaired) electrons. The number of ether oxygens (including phenoxy) is 2. The zero-order valence-corrected chi connectivity index (χ0v) is 11.5. The van der Waals surface area contributed by atoms with Crippen LogP contribution in [0.2, 0.25) is 0 Å². The molecule has 1 aliphatic rings. The number of nitrogens with one attached hydrogen (secondary N) is 1. The Balaban J connectivity index is 2.00. The van der Waals surface area contributed by atoms with Crippen molar-refractivity contribution in [1.29, 1.82) is 0 Å². The highest BCUT2D eigenvalue weighted by Gasteiger charge is 2.28. The zero-order chi connectivity index (χ0) is 14.4. The first-order valence-electron chi connectivity index (χ1n) is 6.74. The van der Waals surface area contributed by atoms with E-state index < -0.39 is 18.1 Å². The third kappa shape index (κ3) is 3.81. The number of amides is 1. The van der Waals surface area contributed by atoms with Crippen LogP contribution in [0.3, 0.4) is 0 Å². The van der Waals surface area contributed by atoms with Gasteiger partial charge in [0.1, 0.15) is 12.1 Å². The summed E-state index contributed by atoms with van der Waals surface area (Å²) in [4.78, 5) is 23.8. The van der Waals surface area contributed by atoms with Crippen LogP contribution in [-0.4, -0.2) is 37.7 Å². The van der Waals surface area contributed by atoms with Crippen LogP contribution in [0.5, 0.6) is 0 Å². The fourth-order valence-electron chi connectivity index (χ4n) is 2.23. The zero-order valence-electron chi connectivity index (χ0n) is 11.5. The molecule has 20 heavy (non-hydrogen) atoms. The SMILES string of the molecule is COC(=O)C(Cc1ccccc1)NC(=O)C1CCCO1. The monoisotopic (exact) mass is 277 g/mol. The maximum absolute atomic E-state index is 12.0. The van der Waals surface area contributed by atoms with Gasteiger partial charge < -0.3 is 14.8 Å². The minimum Gasteiger partial charge on any atom is -0.467 e. The highest BCUT2D eigenvalue weighted by molar-refractivity contribution is 5.87. The van der Waals surface area contributed by atoms with Crippen LogP contribution in [0, 0.1) is 0 Å². The van der Waals surface area contributed by atoms with E-state index in [4.69, 9.17) is 9.47 Å². The van der Waals surface area contributed by atoms with Gasteiger partial charge in [-0.3, -0.25) is 4.79 Å². The van der Waals surface area contributed by atoms with Crippen LogP contribution < -0.4 is 5.32 Å². The Kier molecular flexibility index (Phi) is 5.12. The number of carbonyl (C=O) groups excluding carboxylic acids is 2. The molecule has 0 spiro atoms. The van der Waals surface area contributed by atoms with Gasteiger partial charge in [-0.15, -0.1) is 0 Å². The van der Waals surface area contributed by atoms with Gasteiger partial charge in [-0.1, -0.05) is 30.3 Å². The third-order valence-electron chi connectivity index (χ3n) is 3.31. The van der Waals surface area contributed by atoms with Gasteiger partial charge in [-0.25, -0.2) is 4.79 Å². The molecule has 2 rings (SSSR count). The molecular formula is C15H19NO4. The first-order chi connectivity index (χ1) is 9.70. The van der Waals surface area contributed by atoms with Gasteiger partial charge in [-0.2, -0.15) is 0 Å². The Morgan fingerprint density at radius 2 is 2.15 bits per heavy atom. The summed E-state index contributed by atoms with van der Waals surface area (Å²) in [5, 5.41) is 2.72. The van der Waals surface area contributed by atoms with Gasteiger partial charge in [0.25, 0.3) is 0 Å². The van der Waals surface area contributed by atoms with Crippen molar-refractivity contribution >= 4 is 11.9 Å². The maximum Gasteiger partial charge on any atom is 0.328 e. The molecule has 1 aromatic rings.